The molecule has 0 N–H and O–H groups in total. The Labute approximate surface area is 94.0 Å². The third-order valence-electron chi connectivity index (χ3n) is 2.50. The fourth-order valence-corrected chi connectivity index (χ4v) is 2.78. The van der Waals surface area contributed by atoms with E-state index in [4.69, 9.17) is 4.74 Å². The van der Waals surface area contributed by atoms with E-state index in [2.05, 4.69) is 0 Å². The Hall–Kier alpha value is -0.960. The molecule has 80 valence electrons. The standard InChI is InChI=1S/C12H14O2S/c13-12-9-15-8-10(12)6-7-14-11-4-2-1-3-5-11/h1-5,10H,6-9H2. The summed E-state index contributed by atoms with van der Waals surface area (Å²) in [6, 6.07) is 9.73. The zero-order valence-electron chi connectivity index (χ0n) is 8.52. The Balaban J connectivity index is 1.73. The van der Waals surface area contributed by atoms with Gasteiger partial charge in [0.05, 0.1) is 12.4 Å². The number of ether oxygens (including phenoxy) is 1. The molecule has 1 aliphatic heterocycles. The molecule has 1 fully saturated rings. The summed E-state index contributed by atoms with van der Waals surface area (Å²) in [7, 11) is 0. The first-order valence-corrected chi connectivity index (χ1v) is 6.30. The molecular formula is C12H14O2S. The van der Waals surface area contributed by atoms with Crippen LogP contribution in [0.1, 0.15) is 6.42 Å². The maximum Gasteiger partial charge on any atom is 0.146 e. The molecule has 2 rings (SSSR count). The van der Waals surface area contributed by atoms with Gasteiger partial charge in [-0.1, -0.05) is 18.2 Å². The largest absolute Gasteiger partial charge is 0.494 e. The fraction of sp³-hybridized carbons (Fsp3) is 0.417. The van der Waals surface area contributed by atoms with E-state index < -0.39 is 0 Å². The molecule has 1 aromatic carbocycles. The number of carbonyl (C=O) groups is 1. The van der Waals surface area contributed by atoms with E-state index in [9.17, 15) is 4.79 Å². The summed E-state index contributed by atoms with van der Waals surface area (Å²) in [5.74, 6) is 3.15. The Morgan fingerprint density at radius 3 is 2.80 bits per heavy atom. The van der Waals surface area contributed by atoms with Gasteiger partial charge >= 0.3 is 0 Å². The van der Waals surface area contributed by atoms with Crippen LogP contribution in [0.25, 0.3) is 0 Å². The normalized spacial score (nSPS) is 20.5. The molecule has 0 aliphatic carbocycles. The molecule has 1 aromatic rings. The van der Waals surface area contributed by atoms with Gasteiger partial charge < -0.3 is 4.74 Å². The lowest BCUT2D eigenvalue weighted by molar-refractivity contribution is -0.119. The van der Waals surface area contributed by atoms with E-state index in [0.29, 0.717) is 18.1 Å². The summed E-state index contributed by atoms with van der Waals surface area (Å²) in [6.45, 7) is 0.640. The first-order chi connectivity index (χ1) is 7.36. The molecule has 0 radical (unpaired) electrons. The van der Waals surface area contributed by atoms with Crippen LogP contribution in [-0.2, 0) is 4.79 Å². The maximum atomic E-state index is 11.3. The van der Waals surface area contributed by atoms with E-state index in [1.165, 1.54) is 0 Å². The van der Waals surface area contributed by atoms with E-state index in [0.717, 1.165) is 17.9 Å². The molecule has 0 bridgehead atoms. The minimum Gasteiger partial charge on any atom is -0.494 e. The van der Waals surface area contributed by atoms with E-state index in [-0.39, 0.29) is 5.92 Å². The molecular weight excluding hydrogens is 208 g/mol. The van der Waals surface area contributed by atoms with Crippen LogP contribution in [0.2, 0.25) is 0 Å². The van der Waals surface area contributed by atoms with Crippen LogP contribution < -0.4 is 4.74 Å². The molecule has 2 nitrogen and oxygen atoms in total. The Morgan fingerprint density at radius 2 is 2.13 bits per heavy atom. The van der Waals surface area contributed by atoms with Crippen LogP contribution in [0.4, 0.5) is 0 Å². The smallest absolute Gasteiger partial charge is 0.146 e. The topological polar surface area (TPSA) is 26.3 Å². The van der Waals surface area contributed by atoms with Crippen LogP contribution >= 0.6 is 11.8 Å². The number of para-hydroxylation sites is 1. The summed E-state index contributed by atoms with van der Waals surface area (Å²) < 4.78 is 5.55. The van der Waals surface area contributed by atoms with Gasteiger partial charge in [-0.25, -0.2) is 0 Å². The van der Waals surface area contributed by atoms with Gasteiger partial charge in [-0.3, -0.25) is 4.79 Å². The summed E-state index contributed by atoms with van der Waals surface area (Å²) in [5.41, 5.74) is 0. The number of thioether (sulfide) groups is 1. The summed E-state index contributed by atoms with van der Waals surface area (Å²) in [4.78, 5) is 11.3. The maximum absolute atomic E-state index is 11.3. The van der Waals surface area contributed by atoms with Crippen molar-refractivity contribution in [2.75, 3.05) is 18.1 Å². The molecule has 1 heterocycles. The second-order valence-corrected chi connectivity index (χ2v) is 4.66. The Kier molecular flexibility index (Phi) is 3.67. The minimum atomic E-state index is 0.221. The van der Waals surface area contributed by atoms with Crippen molar-refractivity contribution in [1.29, 1.82) is 0 Å². The molecule has 0 aromatic heterocycles. The Bertz CT molecular complexity index is 324. The quantitative estimate of drug-likeness (QED) is 0.782. The fourth-order valence-electron chi connectivity index (χ4n) is 1.59. The molecule has 1 aliphatic rings. The highest BCUT2D eigenvalue weighted by atomic mass is 32.2. The molecule has 0 spiro atoms. The molecule has 15 heavy (non-hydrogen) atoms. The van der Waals surface area contributed by atoms with E-state index >= 15 is 0 Å². The lowest BCUT2D eigenvalue weighted by Crippen LogP contribution is -2.14. The average Bonchev–Trinajstić information content (AvgIpc) is 2.66. The minimum absolute atomic E-state index is 0.221. The van der Waals surface area contributed by atoms with Gasteiger partial charge in [-0.2, -0.15) is 11.8 Å². The lowest BCUT2D eigenvalue weighted by Gasteiger charge is -2.08. The van der Waals surface area contributed by atoms with Gasteiger partial charge in [0.15, 0.2) is 0 Å². The van der Waals surface area contributed by atoms with E-state index in [1.54, 1.807) is 11.8 Å². The van der Waals surface area contributed by atoms with Crippen LogP contribution in [0, 0.1) is 5.92 Å². The van der Waals surface area contributed by atoms with Crippen molar-refractivity contribution in [2.24, 2.45) is 5.92 Å². The number of hydrogen-bond acceptors (Lipinski definition) is 3. The molecule has 0 saturated carbocycles. The third-order valence-corrected chi connectivity index (χ3v) is 3.62. The summed E-state index contributed by atoms with van der Waals surface area (Å²) in [5, 5.41) is 0. The van der Waals surface area contributed by atoms with Crippen molar-refractivity contribution in [3.63, 3.8) is 0 Å². The third kappa shape index (κ3) is 2.99. The van der Waals surface area contributed by atoms with Gasteiger partial charge in [0, 0.05) is 11.7 Å². The summed E-state index contributed by atoms with van der Waals surface area (Å²) >= 11 is 1.73. The van der Waals surface area contributed by atoms with Crippen LogP contribution in [0.3, 0.4) is 0 Å². The van der Waals surface area contributed by atoms with Crippen molar-refractivity contribution < 1.29 is 9.53 Å². The Morgan fingerprint density at radius 1 is 1.33 bits per heavy atom. The summed E-state index contributed by atoms with van der Waals surface area (Å²) in [6.07, 6.45) is 0.848. The predicted octanol–water partition coefficient (Wildman–Crippen LogP) is 2.39. The number of rotatable bonds is 4. The lowest BCUT2D eigenvalue weighted by atomic mass is 10.1. The van der Waals surface area contributed by atoms with Crippen molar-refractivity contribution in [2.45, 2.75) is 6.42 Å². The monoisotopic (exact) mass is 222 g/mol. The molecule has 1 saturated heterocycles. The average molecular weight is 222 g/mol. The van der Waals surface area contributed by atoms with Crippen LogP contribution in [-0.4, -0.2) is 23.9 Å². The number of Topliss-reactive ketones (excluding diaryl/α,β-unsaturated/α-hetero) is 1. The second-order valence-electron chi connectivity index (χ2n) is 3.63. The van der Waals surface area contributed by atoms with Gasteiger partial charge in [0.25, 0.3) is 0 Å². The number of hydrogen-bond donors (Lipinski definition) is 0. The number of carbonyl (C=O) groups excluding carboxylic acids is 1. The highest BCUT2D eigenvalue weighted by Crippen LogP contribution is 2.23. The molecule has 0 amide bonds. The highest BCUT2D eigenvalue weighted by molar-refractivity contribution is 8.00. The van der Waals surface area contributed by atoms with Gasteiger partial charge in [-0.05, 0) is 18.6 Å². The molecule has 1 unspecified atom stereocenters. The van der Waals surface area contributed by atoms with Crippen molar-refractivity contribution in [3.8, 4) is 5.75 Å². The zero-order valence-corrected chi connectivity index (χ0v) is 9.33. The number of benzene rings is 1. The van der Waals surface area contributed by atoms with Crippen LogP contribution in [0.5, 0.6) is 5.75 Å². The number of ketones is 1. The highest BCUT2D eigenvalue weighted by Gasteiger charge is 2.24. The first kappa shape index (κ1) is 10.6. The molecule has 3 heteroatoms. The van der Waals surface area contributed by atoms with Crippen molar-refractivity contribution in [3.05, 3.63) is 30.3 Å². The van der Waals surface area contributed by atoms with Gasteiger partial charge in [0.1, 0.15) is 11.5 Å². The van der Waals surface area contributed by atoms with Crippen molar-refractivity contribution in [1.82, 2.24) is 0 Å². The van der Waals surface area contributed by atoms with Crippen LogP contribution in [0.15, 0.2) is 30.3 Å². The first-order valence-electron chi connectivity index (χ1n) is 5.14. The predicted molar refractivity (Wildman–Crippen MR) is 62.4 cm³/mol. The van der Waals surface area contributed by atoms with Crippen molar-refractivity contribution >= 4 is 17.5 Å². The SMILES string of the molecule is O=C1CSCC1CCOc1ccccc1. The molecule has 1 atom stereocenters. The zero-order chi connectivity index (χ0) is 10.5. The van der Waals surface area contributed by atoms with Gasteiger partial charge in [-0.15, -0.1) is 0 Å². The second kappa shape index (κ2) is 5.21. The van der Waals surface area contributed by atoms with E-state index in [1.807, 2.05) is 30.3 Å². The van der Waals surface area contributed by atoms with Gasteiger partial charge in [0.2, 0.25) is 0 Å².